The highest BCUT2D eigenvalue weighted by Gasteiger charge is 2.44. The van der Waals surface area contributed by atoms with E-state index in [4.69, 9.17) is 18.9 Å². The highest BCUT2D eigenvalue weighted by Crippen LogP contribution is 2.38. The van der Waals surface area contributed by atoms with Gasteiger partial charge in [0.2, 0.25) is 22.4 Å². The van der Waals surface area contributed by atoms with Crippen molar-refractivity contribution in [2.75, 3.05) is 0 Å². The largest absolute Gasteiger partial charge is 0.283 e. The highest BCUT2D eigenvalue weighted by molar-refractivity contribution is 6.73. The van der Waals surface area contributed by atoms with Gasteiger partial charge in [0.1, 0.15) is 0 Å². The zero-order valence-electron chi connectivity index (χ0n) is 16.2. The maximum absolute atomic E-state index is 6.08. The third-order valence-electron chi connectivity index (χ3n) is 5.97. The van der Waals surface area contributed by atoms with Gasteiger partial charge in [-0.2, -0.15) is 0 Å². The van der Waals surface area contributed by atoms with Crippen LogP contribution in [-0.2, 0) is 18.9 Å². The third-order valence-corrected chi connectivity index (χ3v) is 14.6. The summed E-state index contributed by atoms with van der Waals surface area (Å²) >= 11 is 0. The van der Waals surface area contributed by atoms with Crippen LogP contribution in [0, 0.1) is 0 Å². The van der Waals surface area contributed by atoms with Gasteiger partial charge in [-0.25, -0.2) is 9.78 Å². The van der Waals surface area contributed by atoms with Crippen molar-refractivity contribution in [1.29, 1.82) is 0 Å². The van der Waals surface area contributed by atoms with Gasteiger partial charge in [0.25, 0.3) is 0 Å². The molecule has 0 heterocycles. The quantitative estimate of drug-likeness (QED) is 0.180. The summed E-state index contributed by atoms with van der Waals surface area (Å²) in [5, 5.41) is 0. The first-order chi connectivity index (χ1) is 11.0. The topological polar surface area (TPSA) is 36.9 Å². The van der Waals surface area contributed by atoms with Crippen molar-refractivity contribution in [3.8, 4) is 0 Å². The van der Waals surface area contributed by atoms with Gasteiger partial charge in [0, 0.05) is 12.8 Å². The Morgan fingerprint density at radius 2 is 0.913 bits per heavy atom. The molecule has 23 heavy (non-hydrogen) atoms. The second kappa shape index (κ2) is 9.68. The Bertz CT molecular complexity index is 282. The minimum Gasteiger partial charge on any atom is -0.283 e. The molecule has 1 rings (SSSR count). The summed E-state index contributed by atoms with van der Waals surface area (Å²) in [6.07, 6.45) is 3.97. The molecule has 6 heteroatoms. The molecule has 0 radical (unpaired) electrons. The predicted molar refractivity (Wildman–Crippen MR) is 99.9 cm³/mol. The van der Waals surface area contributed by atoms with Crippen molar-refractivity contribution >= 4 is 16.6 Å². The highest BCUT2D eigenvalue weighted by atomic mass is 28.4. The van der Waals surface area contributed by atoms with E-state index in [0.29, 0.717) is 0 Å². The van der Waals surface area contributed by atoms with E-state index in [1.807, 2.05) is 0 Å². The molecule has 0 aliphatic heterocycles. The minimum atomic E-state index is -1.78. The van der Waals surface area contributed by atoms with Gasteiger partial charge in [-0.1, -0.05) is 41.5 Å². The Labute approximate surface area is 145 Å². The molecular formula is C17H38O4Si2. The number of hydrogen-bond donors (Lipinski definition) is 0. The normalized spacial score (nSPS) is 18.5. The van der Waals surface area contributed by atoms with E-state index in [2.05, 4.69) is 41.5 Å². The third kappa shape index (κ3) is 5.37. The molecule has 0 spiro atoms. The van der Waals surface area contributed by atoms with Gasteiger partial charge in [0.15, 0.2) is 0 Å². The summed E-state index contributed by atoms with van der Waals surface area (Å²) in [5.74, 6) is -0.671. The van der Waals surface area contributed by atoms with E-state index in [9.17, 15) is 0 Å². The second-order valence-electron chi connectivity index (χ2n) is 6.94. The van der Waals surface area contributed by atoms with Crippen LogP contribution in [0.15, 0.2) is 0 Å². The zero-order valence-corrected chi connectivity index (χ0v) is 18.2. The van der Waals surface area contributed by atoms with Gasteiger partial charge in [-0.15, -0.1) is 0 Å². The fraction of sp³-hybridized carbons (Fsp3) is 1.00. The van der Waals surface area contributed by atoms with Gasteiger partial charge < -0.3 is 0 Å². The van der Waals surface area contributed by atoms with Crippen molar-refractivity contribution in [1.82, 2.24) is 0 Å². The van der Waals surface area contributed by atoms with Crippen LogP contribution in [0.3, 0.4) is 0 Å². The van der Waals surface area contributed by atoms with Gasteiger partial charge in [-0.3, -0.25) is 9.15 Å². The Hall–Kier alpha value is 0.274. The molecule has 0 bridgehead atoms. The molecular weight excluding hydrogens is 324 g/mol. The van der Waals surface area contributed by atoms with Gasteiger partial charge in [-0.05, 0) is 49.1 Å². The molecule has 0 saturated heterocycles. The standard InChI is InChI=1S/C17H38O4Si2/c1-7-22(8-2,9-3)20-18-17(15-13-14-16-17)19-21-23(10-4,11-5)12-6/h7-16H2,1-6H3. The fourth-order valence-electron chi connectivity index (χ4n) is 3.28. The first kappa shape index (κ1) is 21.3. The molecule has 1 saturated carbocycles. The Balaban J connectivity index is 2.72. The molecule has 1 fully saturated rings. The first-order valence-corrected chi connectivity index (χ1v) is 14.8. The predicted octanol–water partition coefficient (Wildman–Crippen LogP) is 6.16. The minimum absolute atomic E-state index is 0.671. The summed E-state index contributed by atoms with van der Waals surface area (Å²) in [6.45, 7) is 13.3. The summed E-state index contributed by atoms with van der Waals surface area (Å²) in [6, 6.07) is 6.47. The van der Waals surface area contributed by atoms with Crippen LogP contribution >= 0.6 is 0 Å². The molecule has 0 atom stereocenters. The molecule has 0 aromatic carbocycles. The molecule has 0 aromatic rings. The van der Waals surface area contributed by atoms with Crippen molar-refractivity contribution in [3.05, 3.63) is 0 Å². The fourth-order valence-corrected chi connectivity index (χ4v) is 7.64. The van der Waals surface area contributed by atoms with Crippen LogP contribution in [-0.4, -0.2) is 22.4 Å². The van der Waals surface area contributed by atoms with Crippen molar-refractivity contribution in [3.63, 3.8) is 0 Å². The summed E-state index contributed by atoms with van der Waals surface area (Å²) in [4.78, 5) is 12.0. The molecule has 0 N–H and O–H groups in total. The molecule has 1 aliphatic carbocycles. The van der Waals surface area contributed by atoms with Crippen LogP contribution in [0.4, 0.5) is 0 Å². The number of rotatable bonds is 12. The van der Waals surface area contributed by atoms with Gasteiger partial charge >= 0.3 is 0 Å². The summed E-state index contributed by atoms with van der Waals surface area (Å²) < 4.78 is 12.2. The van der Waals surface area contributed by atoms with Crippen molar-refractivity contribution in [2.45, 2.75) is 109 Å². The maximum Gasteiger partial charge on any atom is 0.238 e. The molecule has 1 aliphatic rings. The van der Waals surface area contributed by atoms with Crippen LogP contribution in [0.5, 0.6) is 0 Å². The molecule has 138 valence electrons. The Morgan fingerprint density at radius 3 is 1.17 bits per heavy atom. The maximum atomic E-state index is 6.08. The number of hydrogen-bond acceptors (Lipinski definition) is 4. The zero-order chi connectivity index (χ0) is 17.4. The lowest BCUT2D eigenvalue weighted by Gasteiger charge is -2.36. The van der Waals surface area contributed by atoms with E-state index < -0.39 is 22.4 Å². The smallest absolute Gasteiger partial charge is 0.238 e. The van der Waals surface area contributed by atoms with E-state index in [1.54, 1.807) is 0 Å². The van der Waals surface area contributed by atoms with Crippen LogP contribution in [0.2, 0.25) is 36.3 Å². The lowest BCUT2D eigenvalue weighted by molar-refractivity contribution is -0.464. The van der Waals surface area contributed by atoms with E-state index in [-0.39, 0.29) is 0 Å². The van der Waals surface area contributed by atoms with Crippen molar-refractivity contribution < 1.29 is 18.9 Å². The Kier molecular flexibility index (Phi) is 8.97. The molecule has 0 unspecified atom stereocenters. The van der Waals surface area contributed by atoms with E-state index in [1.165, 1.54) is 0 Å². The van der Waals surface area contributed by atoms with E-state index in [0.717, 1.165) is 61.9 Å². The van der Waals surface area contributed by atoms with Crippen LogP contribution in [0.25, 0.3) is 0 Å². The summed E-state index contributed by atoms with van der Waals surface area (Å²) in [7, 11) is -3.56. The monoisotopic (exact) mass is 362 g/mol. The molecule has 0 aromatic heterocycles. The second-order valence-corrected chi connectivity index (χ2v) is 16.2. The summed E-state index contributed by atoms with van der Waals surface area (Å²) in [5.41, 5.74) is 0. The first-order valence-electron chi connectivity index (χ1n) is 9.72. The lowest BCUT2D eigenvalue weighted by atomic mass is 10.2. The van der Waals surface area contributed by atoms with Gasteiger partial charge in [0.05, 0.1) is 0 Å². The van der Waals surface area contributed by atoms with E-state index >= 15 is 0 Å². The average molecular weight is 363 g/mol. The Morgan fingerprint density at radius 1 is 0.609 bits per heavy atom. The average Bonchev–Trinajstić information content (AvgIpc) is 3.08. The SMILES string of the molecule is CC[Si](CC)(CC)OOC1(OO[Si](CC)(CC)CC)CCCC1. The lowest BCUT2D eigenvalue weighted by Crippen LogP contribution is -2.45. The van der Waals surface area contributed by atoms with Crippen LogP contribution < -0.4 is 0 Å². The molecule has 4 nitrogen and oxygen atoms in total. The van der Waals surface area contributed by atoms with Crippen LogP contribution in [0.1, 0.15) is 67.2 Å². The van der Waals surface area contributed by atoms with Crippen molar-refractivity contribution in [2.24, 2.45) is 0 Å². The molecule has 0 amide bonds.